The van der Waals surface area contributed by atoms with Gasteiger partial charge in [0.25, 0.3) is 5.91 Å². The lowest BCUT2D eigenvalue weighted by Crippen LogP contribution is -2.53. The van der Waals surface area contributed by atoms with Crippen LogP contribution in [0.15, 0.2) is 18.2 Å². The van der Waals surface area contributed by atoms with Gasteiger partial charge in [0.05, 0.1) is 0 Å². The number of pyridine rings is 1. The van der Waals surface area contributed by atoms with Crippen LogP contribution in [0.5, 0.6) is 0 Å². The molecule has 6 nitrogen and oxygen atoms in total. The molecule has 0 radical (unpaired) electrons. The number of carbonyl (C=O) groups is 2. The van der Waals surface area contributed by atoms with Crippen LogP contribution in [0.3, 0.4) is 0 Å². The van der Waals surface area contributed by atoms with Crippen molar-refractivity contribution < 1.29 is 14.3 Å². The van der Waals surface area contributed by atoms with Gasteiger partial charge in [0, 0.05) is 30.7 Å². The van der Waals surface area contributed by atoms with Gasteiger partial charge in [-0.05, 0) is 75.8 Å². The van der Waals surface area contributed by atoms with Crippen molar-refractivity contribution in [3.63, 3.8) is 0 Å². The Morgan fingerprint density at radius 1 is 1.18 bits per heavy atom. The zero-order valence-electron chi connectivity index (χ0n) is 16.6. The highest BCUT2D eigenvalue weighted by Crippen LogP contribution is 2.63. The molecule has 0 aromatic carbocycles. The smallest absolute Gasteiger partial charge is 0.410 e. The second-order valence-electron chi connectivity index (χ2n) is 9.46. The maximum atomic E-state index is 12.9. The fraction of sp³-hybridized carbons (Fsp3) is 0.682. The lowest BCUT2D eigenvalue weighted by atomic mass is 9.77. The molecular formula is C22H29N3O3. The van der Waals surface area contributed by atoms with Crippen LogP contribution in [0.4, 0.5) is 4.79 Å². The van der Waals surface area contributed by atoms with Crippen molar-refractivity contribution in [2.75, 3.05) is 13.1 Å². The van der Waals surface area contributed by atoms with E-state index in [1.807, 2.05) is 24.0 Å². The van der Waals surface area contributed by atoms with E-state index in [2.05, 4.69) is 10.3 Å². The van der Waals surface area contributed by atoms with Gasteiger partial charge < -0.3 is 15.0 Å². The average Bonchev–Trinajstić information content (AvgIpc) is 3.03. The van der Waals surface area contributed by atoms with Gasteiger partial charge in [0.15, 0.2) is 0 Å². The Morgan fingerprint density at radius 2 is 2.00 bits per heavy atom. The summed E-state index contributed by atoms with van der Waals surface area (Å²) in [5, 5.41) is 3.33. The summed E-state index contributed by atoms with van der Waals surface area (Å²) in [6, 6.07) is 5.53. The predicted octanol–water partition coefficient (Wildman–Crippen LogP) is 3.44. The Morgan fingerprint density at radius 3 is 2.79 bits per heavy atom. The molecule has 28 heavy (non-hydrogen) atoms. The summed E-state index contributed by atoms with van der Waals surface area (Å²) < 4.78 is 6.16. The maximum Gasteiger partial charge on any atom is 0.410 e. The van der Waals surface area contributed by atoms with Crippen LogP contribution in [0.2, 0.25) is 0 Å². The second-order valence-corrected chi connectivity index (χ2v) is 9.46. The van der Waals surface area contributed by atoms with E-state index < -0.39 is 5.60 Å². The van der Waals surface area contributed by atoms with Gasteiger partial charge in [-0.1, -0.05) is 6.07 Å². The first-order valence-electron chi connectivity index (χ1n) is 10.7. The maximum absolute atomic E-state index is 12.9. The Labute approximate surface area is 166 Å². The quantitative estimate of drug-likeness (QED) is 0.868. The number of rotatable bonds is 3. The number of nitrogens with one attached hydrogen (secondary N) is 1. The van der Waals surface area contributed by atoms with Crippen LogP contribution in [0.1, 0.15) is 67.5 Å². The molecular weight excluding hydrogens is 354 g/mol. The van der Waals surface area contributed by atoms with Crippen molar-refractivity contribution in [2.45, 2.75) is 69.4 Å². The van der Waals surface area contributed by atoms with E-state index in [0.29, 0.717) is 17.5 Å². The summed E-state index contributed by atoms with van der Waals surface area (Å²) >= 11 is 0. The fourth-order valence-corrected chi connectivity index (χ4v) is 6.42. The number of hydrogen-bond donors (Lipinski definition) is 1. The first-order valence-corrected chi connectivity index (χ1v) is 10.7. The van der Waals surface area contributed by atoms with Gasteiger partial charge in [-0.2, -0.15) is 0 Å². The third-order valence-corrected chi connectivity index (χ3v) is 7.37. The molecule has 1 N–H and O–H groups in total. The van der Waals surface area contributed by atoms with Gasteiger partial charge in [-0.25, -0.2) is 9.78 Å². The highest BCUT2D eigenvalue weighted by Gasteiger charge is 2.66. The zero-order valence-corrected chi connectivity index (χ0v) is 16.6. The van der Waals surface area contributed by atoms with Crippen molar-refractivity contribution in [3.05, 3.63) is 29.6 Å². The average molecular weight is 383 g/mol. The summed E-state index contributed by atoms with van der Waals surface area (Å²) in [6.07, 6.45) is 7.88. The molecule has 1 aromatic heterocycles. The van der Waals surface area contributed by atoms with Crippen LogP contribution in [-0.2, 0) is 4.74 Å². The summed E-state index contributed by atoms with van der Waals surface area (Å²) in [5.41, 5.74) is 0.677. The number of ether oxygens (including phenoxy) is 1. The van der Waals surface area contributed by atoms with E-state index >= 15 is 0 Å². The largest absolute Gasteiger partial charge is 0.443 e. The third-order valence-electron chi connectivity index (χ3n) is 7.37. The molecule has 5 aliphatic rings. The monoisotopic (exact) mass is 383 g/mol. The third kappa shape index (κ3) is 2.97. The molecule has 5 fully saturated rings. The highest BCUT2D eigenvalue weighted by atomic mass is 16.6. The van der Waals surface area contributed by atoms with Gasteiger partial charge >= 0.3 is 6.09 Å². The highest BCUT2D eigenvalue weighted by molar-refractivity contribution is 5.93. The van der Waals surface area contributed by atoms with Crippen molar-refractivity contribution in [1.82, 2.24) is 15.2 Å². The van der Waals surface area contributed by atoms with Crippen molar-refractivity contribution in [1.29, 1.82) is 0 Å². The van der Waals surface area contributed by atoms with Crippen LogP contribution >= 0.6 is 0 Å². The Hall–Kier alpha value is -2.11. The SMILES string of the molecule is Cc1cccc(C(=O)NC23CC4CC2CC(OC(=O)N2CCCCC2)(C4)C3)n1. The van der Waals surface area contributed by atoms with Gasteiger partial charge in [-0.3, -0.25) is 4.79 Å². The first-order chi connectivity index (χ1) is 13.5. The summed E-state index contributed by atoms with van der Waals surface area (Å²) in [6.45, 7) is 3.51. The molecule has 4 bridgehead atoms. The molecule has 4 atom stereocenters. The van der Waals surface area contributed by atoms with E-state index in [4.69, 9.17) is 4.74 Å². The fourth-order valence-electron chi connectivity index (χ4n) is 6.42. The van der Waals surface area contributed by atoms with E-state index in [1.54, 1.807) is 6.07 Å². The topological polar surface area (TPSA) is 71.5 Å². The van der Waals surface area contributed by atoms with Crippen LogP contribution in [-0.4, -0.2) is 46.1 Å². The molecule has 6 rings (SSSR count). The van der Waals surface area contributed by atoms with Crippen molar-refractivity contribution >= 4 is 12.0 Å². The molecule has 4 saturated carbocycles. The molecule has 1 saturated heterocycles. The molecule has 2 amide bonds. The normalized spacial score (nSPS) is 35.8. The molecule has 0 spiro atoms. The number of likely N-dealkylation sites (tertiary alicyclic amines) is 1. The Balaban J connectivity index is 1.32. The first kappa shape index (κ1) is 18.0. The lowest BCUT2D eigenvalue weighted by Gasteiger charge is -2.41. The van der Waals surface area contributed by atoms with Crippen molar-refractivity contribution in [3.8, 4) is 0 Å². The minimum absolute atomic E-state index is 0.102. The Kier molecular flexibility index (Phi) is 4.14. The second kappa shape index (κ2) is 6.46. The minimum atomic E-state index is -0.395. The molecule has 150 valence electrons. The molecule has 2 heterocycles. The van der Waals surface area contributed by atoms with Gasteiger partial charge in [0.2, 0.25) is 0 Å². The van der Waals surface area contributed by atoms with Crippen molar-refractivity contribution in [2.24, 2.45) is 11.8 Å². The van der Waals surface area contributed by atoms with E-state index in [1.165, 1.54) is 6.42 Å². The van der Waals surface area contributed by atoms with E-state index in [9.17, 15) is 9.59 Å². The number of aryl methyl sites for hydroxylation is 1. The summed E-state index contributed by atoms with van der Waals surface area (Å²) in [7, 11) is 0. The van der Waals surface area contributed by atoms with E-state index in [0.717, 1.165) is 63.7 Å². The van der Waals surface area contributed by atoms with Gasteiger partial charge in [-0.15, -0.1) is 0 Å². The molecule has 4 aliphatic carbocycles. The summed E-state index contributed by atoms with van der Waals surface area (Å²) in [5.74, 6) is 0.830. The number of hydrogen-bond acceptors (Lipinski definition) is 4. The van der Waals surface area contributed by atoms with Crippen LogP contribution in [0, 0.1) is 18.8 Å². The molecule has 1 aliphatic heterocycles. The summed E-state index contributed by atoms with van der Waals surface area (Å²) in [4.78, 5) is 31.9. The Bertz CT molecular complexity index is 806. The number of nitrogens with zero attached hydrogens (tertiary/aromatic N) is 2. The van der Waals surface area contributed by atoms with Gasteiger partial charge in [0.1, 0.15) is 11.3 Å². The zero-order chi connectivity index (χ0) is 19.4. The molecule has 1 aromatic rings. The lowest BCUT2D eigenvalue weighted by molar-refractivity contribution is -0.0475. The minimum Gasteiger partial charge on any atom is -0.443 e. The van der Waals surface area contributed by atoms with E-state index in [-0.39, 0.29) is 17.5 Å². The number of aromatic nitrogens is 1. The van der Waals surface area contributed by atoms with Crippen LogP contribution < -0.4 is 5.32 Å². The number of amides is 2. The molecule has 6 heteroatoms. The number of piperidine rings is 1. The predicted molar refractivity (Wildman–Crippen MR) is 104 cm³/mol. The molecule has 4 unspecified atom stereocenters. The standard InChI is InChI=1S/C22H29N3O3/c1-15-6-5-7-18(23-15)19(26)24-22-12-16-10-17(22)13-21(11-16,14-22)28-20(27)25-8-3-2-4-9-25/h5-7,16-17H,2-4,8-14H2,1H3,(H,24,26). The van der Waals surface area contributed by atoms with Crippen LogP contribution in [0.25, 0.3) is 0 Å². The number of carbonyl (C=O) groups excluding carboxylic acids is 2.